The highest BCUT2D eigenvalue weighted by Gasteiger charge is 2.10. The fraction of sp³-hybridized carbons (Fsp3) is 0.231. The van der Waals surface area contributed by atoms with Crippen LogP contribution in [0.5, 0.6) is 0 Å². The van der Waals surface area contributed by atoms with Gasteiger partial charge in [0.05, 0.1) is 17.5 Å². The smallest absolute Gasteiger partial charge is 0.253 e. The maximum atomic E-state index is 12.3. The number of benzene rings is 3. The number of nitrogen functional groups attached to an aromatic ring is 1. The van der Waals surface area contributed by atoms with Crippen LogP contribution in [0.1, 0.15) is 41.0 Å². The van der Waals surface area contributed by atoms with Crippen LogP contribution in [0.3, 0.4) is 0 Å². The Labute approximate surface area is 182 Å². The maximum absolute atomic E-state index is 12.3. The molecular formula is C26H28N4O. The van der Waals surface area contributed by atoms with Crippen LogP contribution in [0.25, 0.3) is 22.0 Å². The molecule has 3 aromatic carbocycles. The number of carbonyl (C=O) groups excluding carboxylic acids is 1. The zero-order valence-electron chi connectivity index (χ0n) is 17.8. The molecule has 1 aromatic heterocycles. The van der Waals surface area contributed by atoms with Gasteiger partial charge in [0.1, 0.15) is 5.82 Å². The minimum absolute atomic E-state index is 0.104. The first-order valence-corrected chi connectivity index (χ1v) is 10.8. The van der Waals surface area contributed by atoms with E-state index in [-0.39, 0.29) is 5.91 Å². The zero-order valence-corrected chi connectivity index (χ0v) is 17.8. The van der Waals surface area contributed by atoms with Gasteiger partial charge in [0.15, 0.2) is 0 Å². The Morgan fingerprint density at radius 2 is 1.84 bits per heavy atom. The molecule has 0 aliphatic carbocycles. The van der Waals surface area contributed by atoms with E-state index in [9.17, 15) is 4.79 Å². The summed E-state index contributed by atoms with van der Waals surface area (Å²) in [6, 6.07) is 20.4. The standard InChI is InChI=1S/C26H28N4O/c1-18-8-7-11-22(25(18)27)26(31)28-15-6-2-3-12-24-29-17-23(30-24)21-14-13-19-9-4-5-10-20(19)16-21/h4-5,7-11,13-14,16-17H,2-3,6,12,15,27H2,1H3,(H,28,31)(H,29,30). The summed E-state index contributed by atoms with van der Waals surface area (Å²) >= 11 is 0. The molecule has 0 saturated heterocycles. The average molecular weight is 413 g/mol. The Balaban J connectivity index is 1.22. The molecule has 0 saturated carbocycles. The molecular weight excluding hydrogens is 384 g/mol. The summed E-state index contributed by atoms with van der Waals surface area (Å²) in [7, 11) is 0. The molecule has 0 unspecified atom stereocenters. The number of carbonyl (C=O) groups is 1. The van der Waals surface area contributed by atoms with E-state index in [4.69, 9.17) is 5.73 Å². The van der Waals surface area contributed by atoms with Crippen LogP contribution in [-0.2, 0) is 6.42 Å². The first kappa shape index (κ1) is 20.7. The lowest BCUT2D eigenvalue weighted by Crippen LogP contribution is -2.25. The maximum Gasteiger partial charge on any atom is 0.253 e. The van der Waals surface area contributed by atoms with Crippen LogP contribution in [0.4, 0.5) is 5.69 Å². The van der Waals surface area contributed by atoms with Crippen molar-refractivity contribution in [2.24, 2.45) is 0 Å². The predicted octanol–water partition coefficient (Wildman–Crippen LogP) is 5.26. The first-order valence-electron chi connectivity index (χ1n) is 10.8. The van der Waals surface area contributed by atoms with Crippen molar-refractivity contribution < 1.29 is 4.79 Å². The lowest BCUT2D eigenvalue weighted by atomic mass is 10.1. The number of hydrogen-bond donors (Lipinski definition) is 3. The minimum atomic E-state index is -0.104. The number of aryl methyl sites for hydroxylation is 2. The number of nitrogens with two attached hydrogens (primary N) is 1. The molecule has 0 atom stereocenters. The van der Waals surface area contributed by atoms with Crippen molar-refractivity contribution in [1.82, 2.24) is 15.3 Å². The highest BCUT2D eigenvalue weighted by Crippen LogP contribution is 2.23. The summed E-state index contributed by atoms with van der Waals surface area (Å²) in [5.74, 6) is 0.895. The molecule has 5 heteroatoms. The Bertz CT molecular complexity index is 1190. The summed E-state index contributed by atoms with van der Waals surface area (Å²) in [6.45, 7) is 2.55. The summed E-state index contributed by atoms with van der Waals surface area (Å²) in [5, 5.41) is 5.43. The van der Waals surface area contributed by atoms with E-state index in [1.165, 1.54) is 10.8 Å². The largest absolute Gasteiger partial charge is 0.398 e. The Morgan fingerprint density at radius 1 is 1.00 bits per heavy atom. The number of rotatable bonds is 8. The van der Waals surface area contributed by atoms with Crippen LogP contribution < -0.4 is 11.1 Å². The molecule has 0 aliphatic heterocycles. The molecule has 0 bridgehead atoms. The Kier molecular flexibility index (Phi) is 6.32. The van der Waals surface area contributed by atoms with Gasteiger partial charge in [0.25, 0.3) is 5.91 Å². The zero-order chi connectivity index (χ0) is 21.6. The minimum Gasteiger partial charge on any atom is -0.398 e. The van der Waals surface area contributed by atoms with Gasteiger partial charge in [-0.2, -0.15) is 0 Å². The van der Waals surface area contributed by atoms with Gasteiger partial charge in [-0.3, -0.25) is 4.79 Å². The molecule has 5 nitrogen and oxygen atoms in total. The van der Waals surface area contributed by atoms with Crippen LogP contribution in [0, 0.1) is 6.92 Å². The van der Waals surface area contributed by atoms with Gasteiger partial charge in [-0.15, -0.1) is 0 Å². The molecule has 4 rings (SSSR count). The van der Waals surface area contributed by atoms with E-state index in [0.717, 1.165) is 48.3 Å². The van der Waals surface area contributed by atoms with Gasteiger partial charge in [-0.05, 0) is 48.2 Å². The van der Waals surface area contributed by atoms with E-state index >= 15 is 0 Å². The molecule has 4 N–H and O–H groups in total. The molecule has 1 amide bonds. The van der Waals surface area contributed by atoms with Crippen molar-refractivity contribution in [2.45, 2.75) is 32.6 Å². The number of unbranched alkanes of at least 4 members (excludes halogenated alkanes) is 2. The normalized spacial score (nSPS) is 11.0. The quantitative estimate of drug-likeness (QED) is 0.272. The van der Waals surface area contributed by atoms with Crippen LogP contribution in [-0.4, -0.2) is 22.4 Å². The highest BCUT2D eigenvalue weighted by molar-refractivity contribution is 5.99. The molecule has 158 valence electrons. The number of nitrogens with zero attached hydrogens (tertiary/aromatic N) is 1. The fourth-order valence-electron chi connectivity index (χ4n) is 3.76. The number of aromatic nitrogens is 2. The lowest BCUT2D eigenvalue weighted by Gasteiger charge is -2.09. The number of hydrogen-bond acceptors (Lipinski definition) is 3. The molecule has 0 aliphatic rings. The molecule has 31 heavy (non-hydrogen) atoms. The van der Waals surface area contributed by atoms with Crippen molar-refractivity contribution in [2.75, 3.05) is 12.3 Å². The van der Waals surface area contributed by atoms with Gasteiger partial charge in [0.2, 0.25) is 0 Å². The van der Waals surface area contributed by atoms with Crippen molar-refractivity contribution in [3.8, 4) is 11.3 Å². The molecule has 0 fully saturated rings. The number of amides is 1. The SMILES string of the molecule is Cc1cccc(C(=O)NCCCCCc2ncc(-c3ccc4ccccc4c3)[nH]2)c1N. The Hall–Kier alpha value is -3.60. The number of aromatic amines is 1. The number of anilines is 1. The van der Waals surface area contributed by atoms with Gasteiger partial charge >= 0.3 is 0 Å². The summed E-state index contributed by atoms with van der Waals surface area (Å²) in [6.07, 6.45) is 5.77. The second-order valence-electron chi connectivity index (χ2n) is 7.91. The van der Waals surface area contributed by atoms with E-state index in [2.05, 4.69) is 57.7 Å². The van der Waals surface area contributed by atoms with E-state index in [0.29, 0.717) is 17.8 Å². The predicted molar refractivity (Wildman–Crippen MR) is 127 cm³/mol. The number of H-pyrrole nitrogens is 1. The van der Waals surface area contributed by atoms with Crippen molar-refractivity contribution >= 4 is 22.4 Å². The number of imidazole rings is 1. The van der Waals surface area contributed by atoms with E-state index in [1.807, 2.05) is 25.3 Å². The second kappa shape index (κ2) is 9.47. The second-order valence-corrected chi connectivity index (χ2v) is 7.91. The molecule has 0 radical (unpaired) electrons. The van der Waals surface area contributed by atoms with Gasteiger partial charge in [0, 0.05) is 24.2 Å². The number of para-hydroxylation sites is 1. The van der Waals surface area contributed by atoms with Crippen molar-refractivity contribution in [3.05, 3.63) is 83.8 Å². The van der Waals surface area contributed by atoms with E-state index in [1.54, 1.807) is 6.07 Å². The first-order chi connectivity index (χ1) is 15.1. The third-order valence-corrected chi connectivity index (χ3v) is 5.63. The van der Waals surface area contributed by atoms with Crippen molar-refractivity contribution in [3.63, 3.8) is 0 Å². The molecule has 4 aromatic rings. The third-order valence-electron chi connectivity index (χ3n) is 5.63. The third kappa shape index (κ3) is 4.94. The van der Waals surface area contributed by atoms with Crippen molar-refractivity contribution in [1.29, 1.82) is 0 Å². The number of nitrogens with one attached hydrogen (secondary N) is 2. The van der Waals surface area contributed by atoms with Crippen LogP contribution in [0.2, 0.25) is 0 Å². The summed E-state index contributed by atoms with van der Waals surface area (Å²) < 4.78 is 0. The monoisotopic (exact) mass is 412 g/mol. The van der Waals surface area contributed by atoms with Gasteiger partial charge in [-0.1, -0.05) is 55.0 Å². The topological polar surface area (TPSA) is 83.8 Å². The summed E-state index contributed by atoms with van der Waals surface area (Å²) in [4.78, 5) is 20.3. The van der Waals surface area contributed by atoms with Crippen LogP contribution in [0.15, 0.2) is 66.9 Å². The highest BCUT2D eigenvalue weighted by atomic mass is 16.1. The number of fused-ring (bicyclic) bond motifs is 1. The average Bonchev–Trinajstić information content (AvgIpc) is 3.26. The lowest BCUT2D eigenvalue weighted by molar-refractivity contribution is 0.0953. The molecule has 0 spiro atoms. The van der Waals surface area contributed by atoms with Crippen LogP contribution >= 0.6 is 0 Å². The van der Waals surface area contributed by atoms with E-state index < -0.39 is 0 Å². The summed E-state index contributed by atoms with van der Waals surface area (Å²) in [5.41, 5.74) is 10.2. The molecule has 1 heterocycles. The fourth-order valence-corrected chi connectivity index (χ4v) is 3.76. The Morgan fingerprint density at radius 3 is 2.71 bits per heavy atom. The van der Waals surface area contributed by atoms with Gasteiger partial charge < -0.3 is 16.0 Å². The van der Waals surface area contributed by atoms with Gasteiger partial charge in [-0.25, -0.2) is 4.98 Å².